The van der Waals surface area contributed by atoms with E-state index in [1.54, 1.807) is 6.20 Å². The molecule has 1 atom stereocenters. The van der Waals surface area contributed by atoms with Gasteiger partial charge < -0.3 is 9.84 Å². The fourth-order valence-corrected chi connectivity index (χ4v) is 3.66. The summed E-state index contributed by atoms with van der Waals surface area (Å²) >= 11 is 0. The number of likely N-dealkylation sites (tertiary alicyclic amines) is 1. The summed E-state index contributed by atoms with van der Waals surface area (Å²) in [5.41, 5.74) is 1.91. The number of nitrogens with one attached hydrogen (secondary N) is 1. The van der Waals surface area contributed by atoms with Crippen molar-refractivity contribution in [2.45, 2.75) is 38.3 Å². The van der Waals surface area contributed by atoms with Crippen molar-refractivity contribution in [2.75, 3.05) is 13.1 Å². The number of hydrogen-bond donors (Lipinski definition) is 1. The van der Waals surface area contributed by atoms with Crippen LogP contribution in [-0.4, -0.2) is 45.1 Å². The third-order valence-electron chi connectivity index (χ3n) is 5.14. The summed E-state index contributed by atoms with van der Waals surface area (Å²) in [6.45, 7) is 2.22. The Morgan fingerprint density at radius 2 is 2.00 bits per heavy atom. The second-order valence-corrected chi connectivity index (χ2v) is 7.24. The number of pyridine rings is 1. The number of aromatic nitrogens is 3. The Bertz CT molecular complexity index is 913. The molecule has 2 aromatic heterocycles. The Hall–Kier alpha value is -3.06. The number of hydrogen-bond acceptors (Lipinski definition) is 6. The Morgan fingerprint density at radius 1 is 1.14 bits per heavy atom. The molecule has 0 unspecified atom stereocenters. The van der Waals surface area contributed by atoms with Gasteiger partial charge in [0, 0.05) is 25.7 Å². The Balaban J connectivity index is 1.30. The largest absolute Gasteiger partial charge is 0.354 e. The van der Waals surface area contributed by atoms with Gasteiger partial charge in [-0.2, -0.15) is 4.98 Å². The van der Waals surface area contributed by atoms with Crippen molar-refractivity contribution in [2.24, 2.45) is 0 Å². The van der Waals surface area contributed by atoms with Crippen LogP contribution in [0.2, 0.25) is 0 Å². The maximum atomic E-state index is 12.8. The molecule has 7 heteroatoms. The molecule has 3 heterocycles. The molecule has 0 bridgehead atoms. The quantitative estimate of drug-likeness (QED) is 0.667. The summed E-state index contributed by atoms with van der Waals surface area (Å²) in [6.07, 6.45) is 5.30. The Morgan fingerprint density at radius 3 is 2.83 bits per heavy atom. The maximum Gasteiger partial charge on any atom is 0.237 e. The minimum Gasteiger partial charge on any atom is -0.354 e. The number of carbonyl (C=O) groups is 1. The van der Waals surface area contributed by atoms with Crippen molar-refractivity contribution in [3.05, 3.63) is 66.2 Å². The van der Waals surface area contributed by atoms with Crippen LogP contribution in [0, 0.1) is 0 Å². The number of amides is 1. The molecule has 7 nitrogen and oxygen atoms in total. The topological polar surface area (TPSA) is 84.2 Å². The first-order valence-electron chi connectivity index (χ1n) is 10.1. The van der Waals surface area contributed by atoms with Gasteiger partial charge in [0.15, 0.2) is 0 Å². The molecule has 1 aliphatic heterocycles. The first-order chi connectivity index (χ1) is 14.3. The molecular weight excluding hydrogens is 366 g/mol. The van der Waals surface area contributed by atoms with Crippen LogP contribution in [0.3, 0.4) is 0 Å². The van der Waals surface area contributed by atoms with E-state index >= 15 is 0 Å². The molecule has 1 aromatic carbocycles. The second-order valence-electron chi connectivity index (χ2n) is 7.24. The molecule has 1 amide bonds. The van der Waals surface area contributed by atoms with Gasteiger partial charge in [0.2, 0.25) is 17.6 Å². The summed E-state index contributed by atoms with van der Waals surface area (Å²) in [7, 11) is 0. The van der Waals surface area contributed by atoms with Crippen LogP contribution in [0.25, 0.3) is 11.5 Å². The molecule has 0 radical (unpaired) electrons. The lowest BCUT2D eigenvalue weighted by Crippen LogP contribution is -2.49. The number of nitrogens with zero attached hydrogens (tertiary/aromatic N) is 4. The Kier molecular flexibility index (Phi) is 6.26. The average molecular weight is 391 g/mol. The molecule has 150 valence electrons. The zero-order valence-corrected chi connectivity index (χ0v) is 16.3. The SMILES string of the molecule is O=C(NCCc1nc(-c2ccccn2)no1)[C@@H]1CCCCN1Cc1ccccc1. The smallest absolute Gasteiger partial charge is 0.237 e. The van der Waals surface area contributed by atoms with Gasteiger partial charge in [-0.05, 0) is 37.1 Å². The predicted octanol–water partition coefficient (Wildman–Crippen LogP) is 2.85. The highest BCUT2D eigenvalue weighted by Crippen LogP contribution is 2.20. The third kappa shape index (κ3) is 5.06. The number of piperidine rings is 1. The second kappa shape index (κ2) is 9.43. The van der Waals surface area contributed by atoms with Gasteiger partial charge in [0.25, 0.3) is 0 Å². The van der Waals surface area contributed by atoms with Crippen molar-refractivity contribution < 1.29 is 9.32 Å². The van der Waals surface area contributed by atoms with Crippen molar-refractivity contribution in [3.8, 4) is 11.5 Å². The summed E-state index contributed by atoms with van der Waals surface area (Å²) in [4.78, 5) is 23.6. The van der Waals surface area contributed by atoms with E-state index in [1.807, 2.05) is 36.4 Å². The average Bonchev–Trinajstić information content (AvgIpc) is 3.24. The third-order valence-corrected chi connectivity index (χ3v) is 5.14. The first-order valence-corrected chi connectivity index (χ1v) is 10.1. The van der Waals surface area contributed by atoms with Crippen LogP contribution in [0.5, 0.6) is 0 Å². The fourth-order valence-electron chi connectivity index (χ4n) is 3.66. The van der Waals surface area contributed by atoms with Crippen LogP contribution < -0.4 is 5.32 Å². The van der Waals surface area contributed by atoms with Crippen molar-refractivity contribution in [1.29, 1.82) is 0 Å². The van der Waals surface area contributed by atoms with E-state index in [0.29, 0.717) is 30.4 Å². The van der Waals surface area contributed by atoms with Crippen LogP contribution in [0.1, 0.15) is 30.7 Å². The van der Waals surface area contributed by atoms with E-state index in [9.17, 15) is 4.79 Å². The molecule has 29 heavy (non-hydrogen) atoms. The highest BCUT2D eigenvalue weighted by atomic mass is 16.5. The van der Waals surface area contributed by atoms with Gasteiger partial charge >= 0.3 is 0 Å². The van der Waals surface area contributed by atoms with Crippen LogP contribution in [-0.2, 0) is 17.8 Å². The molecular formula is C22H25N5O2. The van der Waals surface area contributed by atoms with E-state index in [0.717, 1.165) is 32.4 Å². The van der Waals surface area contributed by atoms with Gasteiger partial charge in [-0.15, -0.1) is 0 Å². The van der Waals surface area contributed by atoms with Gasteiger partial charge in [-0.25, -0.2) is 0 Å². The highest BCUT2D eigenvalue weighted by Gasteiger charge is 2.28. The van der Waals surface area contributed by atoms with Crippen molar-refractivity contribution in [3.63, 3.8) is 0 Å². The molecule has 3 aromatic rings. The lowest BCUT2D eigenvalue weighted by Gasteiger charge is -2.34. The van der Waals surface area contributed by atoms with Crippen LogP contribution in [0.4, 0.5) is 0 Å². The highest BCUT2D eigenvalue weighted by molar-refractivity contribution is 5.81. The molecule has 4 rings (SSSR count). The molecule has 1 saturated heterocycles. The zero-order chi connectivity index (χ0) is 19.9. The summed E-state index contributed by atoms with van der Waals surface area (Å²) < 4.78 is 5.28. The van der Waals surface area contributed by atoms with Gasteiger partial charge in [-0.1, -0.05) is 48.0 Å². The number of carbonyl (C=O) groups excluding carboxylic acids is 1. The lowest BCUT2D eigenvalue weighted by molar-refractivity contribution is -0.127. The Labute approximate surface area is 170 Å². The zero-order valence-electron chi connectivity index (χ0n) is 16.3. The van der Waals surface area contributed by atoms with E-state index in [1.165, 1.54) is 5.56 Å². The maximum absolute atomic E-state index is 12.8. The molecule has 1 aliphatic rings. The number of benzene rings is 1. The summed E-state index contributed by atoms with van der Waals surface area (Å²) in [5, 5.41) is 7.01. The van der Waals surface area contributed by atoms with Gasteiger partial charge in [0.05, 0.1) is 6.04 Å². The van der Waals surface area contributed by atoms with Gasteiger partial charge in [0.1, 0.15) is 5.69 Å². The molecule has 0 saturated carbocycles. The normalized spacial score (nSPS) is 17.2. The van der Waals surface area contributed by atoms with E-state index in [-0.39, 0.29) is 11.9 Å². The predicted molar refractivity (Wildman–Crippen MR) is 109 cm³/mol. The molecule has 0 spiro atoms. The standard InChI is InChI=1S/C22H25N5O2/c28-22(19-11-5-7-15-27(19)16-17-8-2-1-3-9-17)24-14-12-20-25-21(26-29-20)18-10-4-6-13-23-18/h1-4,6,8-10,13,19H,5,7,11-12,14-16H2,(H,24,28)/t19-/m0/s1. The van der Waals surface area contributed by atoms with Gasteiger partial charge in [-0.3, -0.25) is 14.7 Å². The van der Waals surface area contributed by atoms with Crippen LogP contribution >= 0.6 is 0 Å². The van der Waals surface area contributed by atoms with E-state index in [2.05, 4.69) is 37.5 Å². The number of rotatable bonds is 7. The van der Waals surface area contributed by atoms with Crippen LogP contribution in [0.15, 0.2) is 59.3 Å². The summed E-state index contributed by atoms with van der Waals surface area (Å²) in [6, 6.07) is 15.8. The molecule has 0 aliphatic carbocycles. The lowest BCUT2D eigenvalue weighted by atomic mass is 10.0. The summed E-state index contributed by atoms with van der Waals surface area (Å²) in [5.74, 6) is 1.04. The van der Waals surface area contributed by atoms with Crippen molar-refractivity contribution >= 4 is 5.91 Å². The monoisotopic (exact) mass is 391 g/mol. The van der Waals surface area contributed by atoms with E-state index in [4.69, 9.17) is 4.52 Å². The first kappa shape index (κ1) is 19.3. The molecule has 1 N–H and O–H groups in total. The minimum atomic E-state index is -0.0873. The van der Waals surface area contributed by atoms with Crippen molar-refractivity contribution in [1.82, 2.24) is 25.3 Å². The minimum absolute atomic E-state index is 0.0742. The fraction of sp³-hybridized carbons (Fsp3) is 0.364. The molecule has 1 fully saturated rings. The van der Waals surface area contributed by atoms with E-state index < -0.39 is 0 Å².